The van der Waals surface area contributed by atoms with Crippen LogP contribution in [-0.2, 0) is 4.74 Å². The van der Waals surface area contributed by atoms with Crippen molar-refractivity contribution in [3.8, 4) is 0 Å². The molecule has 2 rings (SSSR count). The van der Waals surface area contributed by atoms with Crippen LogP contribution < -0.4 is 11.4 Å². The maximum Gasteiger partial charge on any atom is 0.378 e. The molecule has 2 N–H and O–H groups in total. The number of nitrogens with two attached hydrogens (primary N) is 1. The Kier molecular flexibility index (Phi) is 4.26. The summed E-state index contributed by atoms with van der Waals surface area (Å²) in [6.07, 6.45) is 3.22. The summed E-state index contributed by atoms with van der Waals surface area (Å²) in [7, 11) is 0. The number of carbonyl (C=O) groups excluding carboxylic acids is 1. The Balaban J connectivity index is 2.32. The third-order valence-corrected chi connectivity index (χ3v) is 3.16. The fraction of sp³-hybridized carbons (Fsp3) is 0.167. The first-order valence-electron chi connectivity index (χ1n) is 5.77. The molecule has 0 atom stereocenters. The molecule has 8 heteroatoms. The molecule has 104 valence electrons. The molecule has 0 bridgehead atoms. The highest BCUT2D eigenvalue weighted by Gasteiger charge is 2.16. The van der Waals surface area contributed by atoms with Crippen molar-refractivity contribution in [2.24, 2.45) is 0 Å². The monoisotopic (exact) mass is 292 g/mol. The Labute approximate surface area is 118 Å². The largest absolute Gasteiger partial charge is 0.460 e. The van der Waals surface area contributed by atoms with E-state index in [4.69, 9.17) is 10.6 Å². The number of hydrogen-bond donors (Lipinski definition) is 1. The zero-order chi connectivity index (χ0) is 14.5. The Morgan fingerprint density at radius 3 is 2.95 bits per heavy atom. The topological polar surface area (TPSA) is 100 Å². The fourth-order valence-electron chi connectivity index (χ4n) is 1.40. The highest BCUT2D eigenvalue weighted by molar-refractivity contribution is 7.10. The third kappa shape index (κ3) is 2.91. The summed E-state index contributed by atoms with van der Waals surface area (Å²) in [5.41, 5.74) is -0.565. The standard InChI is InChI=1S/C12H12N4O3S/c1-2-19-12(18)10-15-14-9(11(17)16(10)13)6-5-8-4-3-7-20-8/h3-7H,2,13H2,1H3/b6-5-. The number of nitrogen functional groups attached to an aromatic ring is 1. The van der Waals surface area contributed by atoms with Gasteiger partial charge in [0.05, 0.1) is 6.61 Å². The molecule has 2 heterocycles. The molecule has 0 aliphatic carbocycles. The van der Waals surface area contributed by atoms with E-state index in [2.05, 4.69) is 10.2 Å². The van der Waals surface area contributed by atoms with Gasteiger partial charge in [0.2, 0.25) is 0 Å². The number of thiophene rings is 1. The van der Waals surface area contributed by atoms with Gasteiger partial charge < -0.3 is 10.6 Å². The molecule has 20 heavy (non-hydrogen) atoms. The summed E-state index contributed by atoms with van der Waals surface area (Å²) in [6, 6.07) is 3.78. The Morgan fingerprint density at radius 1 is 1.50 bits per heavy atom. The van der Waals surface area contributed by atoms with Crippen molar-refractivity contribution < 1.29 is 9.53 Å². The lowest BCUT2D eigenvalue weighted by molar-refractivity contribution is 0.0504. The molecule has 0 unspecified atom stereocenters. The van der Waals surface area contributed by atoms with Crippen molar-refractivity contribution in [1.29, 1.82) is 0 Å². The Bertz CT molecular complexity index is 691. The van der Waals surface area contributed by atoms with E-state index in [1.807, 2.05) is 17.5 Å². The van der Waals surface area contributed by atoms with Crippen molar-refractivity contribution in [3.05, 3.63) is 44.3 Å². The molecule has 0 saturated carbocycles. The number of hydrogen-bond acceptors (Lipinski definition) is 7. The molecule has 0 aromatic carbocycles. The van der Waals surface area contributed by atoms with E-state index >= 15 is 0 Å². The summed E-state index contributed by atoms with van der Waals surface area (Å²) in [5.74, 6) is 4.42. The van der Waals surface area contributed by atoms with Gasteiger partial charge in [-0.15, -0.1) is 21.5 Å². The summed E-state index contributed by atoms with van der Waals surface area (Å²) in [5, 5.41) is 9.23. The minimum Gasteiger partial charge on any atom is -0.460 e. The van der Waals surface area contributed by atoms with Gasteiger partial charge in [-0.05, 0) is 30.5 Å². The minimum absolute atomic E-state index is 0.0500. The number of carbonyl (C=O) groups is 1. The molecule has 0 amide bonds. The Hall–Kier alpha value is -2.48. The first-order valence-corrected chi connectivity index (χ1v) is 6.65. The average molecular weight is 292 g/mol. The number of rotatable bonds is 4. The van der Waals surface area contributed by atoms with E-state index < -0.39 is 11.5 Å². The van der Waals surface area contributed by atoms with Crippen molar-refractivity contribution in [1.82, 2.24) is 14.9 Å². The highest BCUT2D eigenvalue weighted by Crippen LogP contribution is 2.11. The second-order valence-electron chi connectivity index (χ2n) is 3.65. The van der Waals surface area contributed by atoms with Gasteiger partial charge in [-0.1, -0.05) is 6.07 Å². The van der Waals surface area contributed by atoms with Gasteiger partial charge in [0.15, 0.2) is 5.69 Å². The van der Waals surface area contributed by atoms with Crippen LogP contribution in [0.1, 0.15) is 28.1 Å². The van der Waals surface area contributed by atoms with Crippen LogP contribution in [-0.4, -0.2) is 27.4 Å². The number of esters is 1. The van der Waals surface area contributed by atoms with E-state index in [1.165, 1.54) is 17.4 Å². The predicted octanol–water partition coefficient (Wildman–Crippen LogP) is 0.761. The van der Waals surface area contributed by atoms with Crippen molar-refractivity contribution >= 4 is 29.5 Å². The molecule has 0 fully saturated rings. The molecule has 0 radical (unpaired) electrons. The van der Waals surface area contributed by atoms with Crippen molar-refractivity contribution in [2.75, 3.05) is 12.4 Å². The van der Waals surface area contributed by atoms with Crippen LogP contribution in [0.25, 0.3) is 12.2 Å². The van der Waals surface area contributed by atoms with E-state index in [1.54, 1.807) is 13.0 Å². The van der Waals surface area contributed by atoms with Gasteiger partial charge in [0.1, 0.15) is 0 Å². The molecule has 7 nitrogen and oxygen atoms in total. The lowest BCUT2D eigenvalue weighted by Crippen LogP contribution is -2.36. The first-order chi connectivity index (χ1) is 9.63. The summed E-state index contributed by atoms with van der Waals surface area (Å²) in [4.78, 5) is 24.4. The molecular weight excluding hydrogens is 280 g/mol. The van der Waals surface area contributed by atoms with Crippen LogP contribution in [0.2, 0.25) is 0 Å². The Morgan fingerprint density at radius 2 is 2.30 bits per heavy atom. The van der Waals surface area contributed by atoms with Gasteiger partial charge in [-0.2, -0.15) is 4.68 Å². The van der Waals surface area contributed by atoms with Crippen molar-refractivity contribution in [2.45, 2.75) is 6.92 Å². The van der Waals surface area contributed by atoms with E-state index in [-0.39, 0.29) is 18.1 Å². The normalized spacial score (nSPS) is 10.8. The van der Waals surface area contributed by atoms with Gasteiger partial charge in [-0.3, -0.25) is 4.79 Å². The van der Waals surface area contributed by atoms with Crippen LogP contribution >= 0.6 is 11.3 Å². The van der Waals surface area contributed by atoms with E-state index in [9.17, 15) is 9.59 Å². The fourth-order valence-corrected chi connectivity index (χ4v) is 2.02. The van der Waals surface area contributed by atoms with Gasteiger partial charge in [0, 0.05) is 4.88 Å². The highest BCUT2D eigenvalue weighted by atomic mass is 32.1. The molecule has 0 aliphatic rings. The third-order valence-electron chi connectivity index (χ3n) is 2.33. The second-order valence-corrected chi connectivity index (χ2v) is 4.63. The molecule has 0 aliphatic heterocycles. The summed E-state index contributed by atoms with van der Waals surface area (Å²) < 4.78 is 5.36. The lowest BCUT2D eigenvalue weighted by atomic mass is 10.3. The van der Waals surface area contributed by atoms with E-state index in [0.717, 1.165) is 4.88 Å². The first kappa shape index (κ1) is 13.9. The molecule has 2 aromatic rings. The van der Waals surface area contributed by atoms with Gasteiger partial charge in [-0.25, -0.2) is 4.79 Å². The lowest BCUT2D eigenvalue weighted by Gasteiger charge is -2.05. The van der Waals surface area contributed by atoms with Gasteiger partial charge >= 0.3 is 5.97 Å². The molecule has 0 spiro atoms. The molecule has 2 aromatic heterocycles. The quantitative estimate of drug-likeness (QED) is 0.659. The second kappa shape index (κ2) is 6.11. The zero-order valence-corrected chi connectivity index (χ0v) is 11.5. The zero-order valence-electron chi connectivity index (χ0n) is 10.6. The van der Waals surface area contributed by atoms with Crippen LogP contribution in [0.4, 0.5) is 0 Å². The number of ether oxygens (including phenoxy) is 1. The SMILES string of the molecule is CCOC(=O)c1nnc(/C=C\c2cccs2)c(=O)n1N. The maximum absolute atomic E-state index is 11.9. The smallest absolute Gasteiger partial charge is 0.378 e. The minimum atomic E-state index is -0.784. The predicted molar refractivity (Wildman–Crippen MR) is 75.6 cm³/mol. The van der Waals surface area contributed by atoms with Crippen LogP contribution in [0.3, 0.4) is 0 Å². The average Bonchev–Trinajstić information content (AvgIpc) is 2.94. The van der Waals surface area contributed by atoms with Crippen LogP contribution in [0.5, 0.6) is 0 Å². The van der Waals surface area contributed by atoms with Crippen molar-refractivity contribution in [3.63, 3.8) is 0 Å². The number of aromatic nitrogens is 3. The maximum atomic E-state index is 11.9. The molecular formula is C12H12N4O3S. The summed E-state index contributed by atoms with van der Waals surface area (Å²) >= 11 is 1.52. The summed E-state index contributed by atoms with van der Waals surface area (Å²) in [6.45, 7) is 1.80. The molecule has 0 saturated heterocycles. The number of nitrogens with zero attached hydrogens (tertiary/aromatic N) is 3. The van der Waals surface area contributed by atoms with Gasteiger partial charge in [0.25, 0.3) is 11.4 Å². The van der Waals surface area contributed by atoms with Crippen LogP contribution in [0, 0.1) is 0 Å². The van der Waals surface area contributed by atoms with E-state index in [0.29, 0.717) is 4.68 Å². The van der Waals surface area contributed by atoms with Crippen LogP contribution in [0.15, 0.2) is 22.3 Å².